The highest BCUT2D eigenvalue weighted by Gasteiger charge is 2.14. The minimum Gasteiger partial charge on any atom is -0.483 e. The number of hydrogen-bond acceptors (Lipinski definition) is 6. The second-order valence-electron chi connectivity index (χ2n) is 4.84. The number of aryl methyl sites for hydroxylation is 3. The Labute approximate surface area is 128 Å². The lowest BCUT2D eigenvalue weighted by atomic mass is 10.2. The predicted molar refractivity (Wildman–Crippen MR) is 79.2 cm³/mol. The van der Waals surface area contributed by atoms with Crippen LogP contribution in [0.5, 0.6) is 0 Å². The molecule has 22 heavy (non-hydrogen) atoms. The molecular weight excluding hydrogens is 288 g/mol. The van der Waals surface area contributed by atoms with Gasteiger partial charge in [0.15, 0.2) is 0 Å². The largest absolute Gasteiger partial charge is 0.483 e. The molecule has 0 fully saturated rings. The molecule has 3 N–H and O–H groups in total. The van der Waals surface area contributed by atoms with Gasteiger partial charge in [-0.3, -0.25) is 9.69 Å². The smallest absolute Gasteiger partial charge is 0.290 e. The van der Waals surface area contributed by atoms with E-state index in [1.54, 1.807) is 0 Å². The van der Waals surface area contributed by atoms with Crippen molar-refractivity contribution in [2.75, 3.05) is 13.2 Å². The maximum Gasteiger partial charge on any atom is 0.290 e. The first-order chi connectivity index (χ1) is 10.5. The first-order valence-electron chi connectivity index (χ1n) is 6.85. The summed E-state index contributed by atoms with van der Waals surface area (Å²) in [4.78, 5) is 17.9. The van der Waals surface area contributed by atoms with E-state index in [2.05, 4.69) is 20.0 Å². The number of aromatic amines is 1. The molecule has 2 aromatic heterocycles. The van der Waals surface area contributed by atoms with Crippen molar-refractivity contribution in [2.24, 2.45) is 0 Å². The van der Waals surface area contributed by atoms with Crippen molar-refractivity contribution in [3.63, 3.8) is 0 Å². The lowest BCUT2D eigenvalue weighted by molar-refractivity contribution is -0.122. The molecule has 0 saturated heterocycles. The Kier molecular flexibility index (Phi) is 7.27. The van der Waals surface area contributed by atoms with E-state index in [1.807, 2.05) is 27.0 Å². The highest BCUT2D eigenvalue weighted by Crippen LogP contribution is 2.16. The van der Waals surface area contributed by atoms with Crippen LogP contribution >= 0.6 is 0 Å². The van der Waals surface area contributed by atoms with Crippen LogP contribution < -0.4 is 0 Å². The molecule has 122 valence electrons. The van der Waals surface area contributed by atoms with E-state index in [9.17, 15) is 5.11 Å². The summed E-state index contributed by atoms with van der Waals surface area (Å²) in [6, 6.07) is 0. The van der Waals surface area contributed by atoms with Crippen LogP contribution in [-0.4, -0.2) is 49.9 Å². The van der Waals surface area contributed by atoms with Crippen LogP contribution in [0.1, 0.15) is 28.5 Å². The average Bonchev–Trinajstić information content (AvgIpc) is 3.00. The number of hydrogen-bond donors (Lipinski definition) is 3. The van der Waals surface area contributed by atoms with Gasteiger partial charge in [0.25, 0.3) is 6.47 Å². The van der Waals surface area contributed by atoms with Crippen LogP contribution in [0.2, 0.25) is 0 Å². The summed E-state index contributed by atoms with van der Waals surface area (Å²) in [6.45, 7) is 7.66. The third-order valence-electron chi connectivity index (χ3n) is 3.13. The predicted octanol–water partition coefficient (Wildman–Crippen LogP) is 1.02. The second-order valence-corrected chi connectivity index (χ2v) is 4.84. The maximum absolute atomic E-state index is 9.18. The highest BCUT2D eigenvalue weighted by molar-refractivity contribution is 5.32. The van der Waals surface area contributed by atoms with Crippen molar-refractivity contribution in [2.45, 2.75) is 33.9 Å². The summed E-state index contributed by atoms with van der Waals surface area (Å²) in [5.74, 6) is 1.73. The minimum atomic E-state index is -0.250. The fourth-order valence-electron chi connectivity index (χ4n) is 2.10. The topological polar surface area (TPSA) is 115 Å². The van der Waals surface area contributed by atoms with Crippen molar-refractivity contribution in [3.05, 3.63) is 34.7 Å². The van der Waals surface area contributed by atoms with Crippen LogP contribution in [0, 0.1) is 20.8 Å². The molecule has 0 bridgehead atoms. The SMILES string of the molecule is Cc1ncc(CN(CCO)Cc2c(C)noc2C)[nH]1.O=CO. The Morgan fingerprint density at radius 3 is 2.50 bits per heavy atom. The van der Waals surface area contributed by atoms with Gasteiger partial charge in [0, 0.05) is 37.1 Å². The fraction of sp³-hybridized carbons (Fsp3) is 0.500. The van der Waals surface area contributed by atoms with Crippen LogP contribution in [0.3, 0.4) is 0 Å². The zero-order chi connectivity index (χ0) is 16.5. The van der Waals surface area contributed by atoms with Gasteiger partial charge in [0.1, 0.15) is 11.6 Å². The lowest BCUT2D eigenvalue weighted by Gasteiger charge is -2.20. The minimum absolute atomic E-state index is 0.122. The van der Waals surface area contributed by atoms with Crippen LogP contribution in [-0.2, 0) is 17.9 Å². The van der Waals surface area contributed by atoms with Gasteiger partial charge in [0.05, 0.1) is 12.3 Å². The van der Waals surface area contributed by atoms with Crippen molar-refractivity contribution in [3.8, 4) is 0 Å². The Balaban J connectivity index is 0.000000745. The second kappa shape index (κ2) is 8.96. The number of carbonyl (C=O) groups is 1. The lowest BCUT2D eigenvalue weighted by Crippen LogP contribution is -2.26. The Morgan fingerprint density at radius 1 is 1.36 bits per heavy atom. The quantitative estimate of drug-likeness (QED) is 0.682. The molecule has 2 aromatic rings. The van der Waals surface area contributed by atoms with Crippen molar-refractivity contribution in [1.29, 1.82) is 0 Å². The summed E-state index contributed by atoms with van der Waals surface area (Å²) in [5, 5.41) is 20.0. The Hall–Kier alpha value is -2.19. The fourth-order valence-corrected chi connectivity index (χ4v) is 2.10. The number of imidazole rings is 1. The third-order valence-corrected chi connectivity index (χ3v) is 3.13. The molecule has 0 atom stereocenters. The molecule has 0 aliphatic heterocycles. The highest BCUT2D eigenvalue weighted by atomic mass is 16.5. The number of aromatic nitrogens is 3. The van der Waals surface area contributed by atoms with Crippen molar-refractivity contribution < 1.29 is 19.5 Å². The number of aliphatic hydroxyl groups excluding tert-OH is 1. The monoisotopic (exact) mass is 310 g/mol. The normalized spacial score (nSPS) is 10.4. The zero-order valence-corrected chi connectivity index (χ0v) is 13.0. The van der Waals surface area contributed by atoms with Crippen molar-refractivity contribution in [1.82, 2.24) is 20.0 Å². The van der Waals surface area contributed by atoms with Gasteiger partial charge in [-0.05, 0) is 20.8 Å². The van der Waals surface area contributed by atoms with Gasteiger partial charge in [0.2, 0.25) is 0 Å². The van der Waals surface area contributed by atoms with E-state index in [0.717, 1.165) is 28.5 Å². The molecule has 2 rings (SSSR count). The Bertz CT molecular complexity index is 560. The number of aliphatic hydroxyl groups is 1. The molecule has 0 spiro atoms. The first kappa shape index (κ1) is 17.9. The van der Waals surface area contributed by atoms with Crippen LogP contribution in [0.4, 0.5) is 0 Å². The molecule has 8 nitrogen and oxygen atoms in total. The number of H-pyrrole nitrogens is 1. The summed E-state index contributed by atoms with van der Waals surface area (Å²) >= 11 is 0. The van der Waals surface area contributed by atoms with E-state index in [1.165, 1.54) is 0 Å². The molecule has 0 unspecified atom stereocenters. The number of carboxylic acid groups (broad SMARTS) is 1. The average molecular weight is 310 g/mol. The zero-order valence-electron chi connectivity index (χ0n) is 13.0. The van der Waals surface area contributed by atoms with Gasteiger partial charge < -0.3 is 19.7 Å². The van der Waals surface area contributed by atoms with Crippen LogP contribution in [0.25, 0.3) is 0 Å². The Morgan fingerprint density at radius 2 is 2.05 bits per heavy atom. The first-order valence-corrected chi connectivity index (χ1v) is 6.85. The van der Waals surface area contributed by atoms with E-state index >= 15 is 0 Å². The molecule has 8 heteroatoms. The number of nitrogens with zero attached hydrogens (tertiary/aromatic N) is 3. The molecule has 0 aromatic carbocycles. The van der Waals surface area contributed by atoms with E-state index in [0.29, 0.717) is 19.6 Å². The van der Waals surface area contributed by atoms with Crippen LogP contribution in [0.15, 0.2) is 10.7 Å². The summed E-state index contributed by atoms with van der Waals surface area (Å²) in [7, 11) is 0. The van der Waals surface area contributed by atoms with E-state index in [-0.39, 0.29) is 13.1 Å². The molecule has 0 amide bonds. The van der Waals surface area contributed by atoms with Gasteiger partial charge in [-0.25, -0.2) is 4.98 Å². The molecule has 2 heterocycles. The van der Waals surface area contributed by atoms with Gasteiger partial charge in [-0.15, -0.1) is 0 Å². The number of nitrogens with one attached hydrogen (secondary N) is 1. The van der Waals surface area contributed by atoms with Gasteiger partial charge >= 0.3 is 0 Å². The van der Waals surface area contributed by atoms with Gasteiger partial charge in [-0.2, -0.15) is 0 Å². The number of rotatable bonds is 6. The van der Waals surface area contributed by atoms with E-state index in [4.69, 9.17) is 14.4 Å². The standard InChI is InChI=1S/C13H20N4O2.CH2O2/c1-9-13(10(2)19-16-9)8-17(4-5-18)7-12-6-14-11(3)15-12;2-1-3/h6,18H,4-5,7-8H2,1-3H3,(H,14,15);1H,(H,2,3). The summed E-state index contributed by atoms with van der Waals surface area (Å²) in [6.07, 6.45) is 1.83. The molecule has 0 aliphatic carbocycles. The maximum atomic E-state index is 9.18. The summed E-state index contributed by atoms with van der Waals surface area (Å²) in [5.41, 5.74) is 3.03. The van der Waals surface area contributed by atoms with Crippen molar-refractivity contribution >= 4 is 6.47 Å². The molecule has 0 radical (unpaired) electrons. The molecule has 0 saturated carbocycles. The summed E-state index contributed by atoms with van der Waals surface area (Å²) < 4.78 is 5.17. The third kappa shape index (κ3) is 5.30. The molecular formula is C14H22N4O4. The van der Waals surface area contributed by atoms with E-state index < -0.39 is 0 Å². The van der Waals surface area contributed by atoms with Gasteiger partial charge in [-0.1, -0.05) is 5.16 Å². The molecule has 0 aliphatic rings.